The van der Waals surface area contributed by atoms with Gasteiger partial charge in [0, 0.05) is 37.1 Å². The number of para-hydroxylation sites is 1. The normalized spacial score (nSPS) is 10.6. The lowest BCUT2D eigenvalue weighted by molar-refractivity contribution is 0.0747. The summed E-state index contributed by atoms with van der Waals surface area (Å²) in [6.45, 7) is 3.09. The Morgan fingerprint density at radius 3 is 2.50 bits per heavy atom. The highest BCUT2D eigenvalue weighted by Crippen LogP contribution is 2.29. The summed E-state index contributed by atoms with van der Waals surface area (Å²) in [6, 6.07) is 15.5. The molecular weight excluding hydrogens is 326 g/mol. The number of carbonyl (C=O) groups excluding carboxylic acids is 1. The number of methoxy groups -OCH3 is 1. The molecule has 2 aromatic carbocycles. The first kappa shape index (κ1) is 17.7. The Balaban J connectivity index is 1.80. The van der Waals surface area contributed by atoms with Gasteiger partial charge in [-0.2, -0.15) is 0 Å². The molecule has 0 unspecified atom stereocenters. The molecule has 5 nitrogen and oxygen atoms in total. The van der Waals surface area contributed by atoms with Crippen LogP contribution in [0.15, 0.2) is 60.9 Å². The van der Waals surface area contributed by atoms with Gasteiger partial charge in [-0.3, -0.25) is 4.79 Å². The highest BCUT2D eigenvalue weighted by atomic mass is 16.5. The van der Waals surface area contributed by atoms with Crippen LogP contribution in [-0.4, -0.2) is 34.0 Å². The van der Waals surface area contributed by atoms with Gasteiger partial charge in [-0.25, -0.2) is 4.98 Å². The Hall–Kier alpha value is -3.08. The molecule has 0 saturated carbocycles. The van der Waals surface area contributed by atoms with Crippen LogP contribution in [0.25, 0.3) is 11.1 Å². The number of amides is 1. The van der Waals surface area contributed by atoms with Crippen LogP contribution >= 0.6 is 0 Å². The number of carbonyl (C=O) groups is 1. The number of hydrogen-bond acceptors (Lipinski definition) is 3. The van der Waals surface area contributed by atoms with Gasteiger partial charge in [0.15, 0.2) is 0 Å². The van der Waals surface area contributed by atoms with E-state index in [2.05, 4.69) is 4.98 Å². The number of rotatable bonds is 6. The first-order valence-electron chi connectivity index (χ1n) is 8.63. The van der Waals surface area contributed by atoms with E-state index in [0.717, 1.165) is 22.7 Å². The van der Waals surface area contributed by atoms with Gasteiger partial charge < -0.3 is 14.2 Å². The lowest BCUT2D eigenvalue weighted by atomic mass is 10.0. The van der Waals surface area contributed by atoms with E-state index in [1.165, 1.54) is 0 Å². The SMILES string of the molecule is CCN(Cc1nccn1C)C(=O)c1ccc(-c2ccccc2OC)cc1. The number of benzene rings is 2. The predicted octanol–water partition coefficient (Wildman–Crippen LogP) is 3.76. The molecule has 134 valence electrons. The van der Waals surface area contributed by atoms with Crippen LogP contribution in [0.2, 0.25) is 0 Å². The minimum Gasteiger partial charge on any atom is -0.496 e. The van der Waals surface area contributed by atoms with E-state index in [0.29, 0.717) is 18.7 Å². The molecule has 5 heteroatoms. The van der Waals surface area contributed by atoms with Gasteiger partial charge >= 0.3 is 0 Å². The van der Waals surface area contributed by atoms with Gasteiger partial charge in [-0.15, -0.1) is 0 Å². The maximum absolute atomic E-state index is 12.8. The molecule has 1 heterocycles. The summed E-state index contributed by atoms with van der Waals surface area (Å²) in [5.41, 5.74) is 2.69. The fraction of sp³-hybridized carbons (Fsp3) is 0.238. The van der Waals surface area contributed by atoms with Gasteiger partial charge in [-0.05, 0) is 30.7 Å². The van der Waals surface area contributed by atoms with Crippen molar-refractivity contribution in [1.29, 1.82) is 0 Å². The van der Waals surface area contributed by atoms with Gasteiger partial charge in [0.2, 0.25) is 0 Å². The van der Waals surface area contributed by atoms with Crippen LogP contribution in [0.5, 0.6) is 5.75 Å². The monoisotopic (exact) mass is 349 g/mol. The standard InChI is InChI=1S/C21H23N3O2/c1-4-24(15-20-22-13-14-23(20)2)21(25)17-11-9-16(10-12-17)18-7-5-6-8-19(18)26-3/h5-14H,4,15H2,1-3H3. The zero-order valence-electron chi connectivity index (χ0n) is 15.3. The molecule has 3 aromatic rings. The second-order valence-electron chi connectivity index (χ2n) is 6.05. The largest absolute Gasteiger partial charge is 0.496 e. The fourth-order valence-electron chi connectivity index (χ4n) is 2.90. The number of aryl methyl sites for hydroxylation is 1. The second-order valence-corrected chi connectivity index (χ2v) is 6.05. The lowest BCUT2D eigenvalue weighted by Gasteiger charge is -2.21. The Labute approximate surface area is 153 Å². The van der Waals surface area contributed by atoms with Gasteiger partial charge in [0.05, 0.1) is 13.7 Å². The Kier molecular flexibility index (Phi) is 5.37. The summed E-state index contributed by atoms with van der Waals surface area (Å²) in [6.07, 6.45) is 3.63. The third-order valence-corrected chi connectivity index (χ3v) is 4.47. The molecule has 0 atom stereocenters. The Morgan fingerprint density at radius 2 is 1.88 bits per heavy atom. The highest BCUT2D eigenvalue weighted by molar-refractivity contribution is 5.94. The van der Waals surface area contributed by atoms with Crippen molar-refractivity contribution in [2.45, 2.75) is 13.5 Å². The van der Waals surface area contributed by atoms with E-state index in [9.17, 15) is 4.79 Å². The van der Waals surface area contributed by atoms with E-state index in [1.54, 1.807) is 18.2 Å². The maximum Gasteiger partial charge on any atom is 0.254 e. The van der Waals surface area contributed by atoms with Crippen molar-refractivity contribution in [1.82, 2.24) is 14.5 Å². The molecule has 0 bridgehead atoms. The van der Waals surface area contributed by atoms with Crippen LogP contribution < -0.4 is 4.74 Å². The summed E-state index contributed by atoms with van der Waals surface area (Å²) in [5.74, 6) is 1.68. The van der Waals surface area contributed by atoms with Crippen molar-refractivity contribution in [3.63, 3.8) is 0 Å². The third kappa shape index (κ3) is 3.61. The topological polar surface area (TPSA) is 47.4 Å². The molecule has 0 fully saturated rings. The average molecular weight is 349 g/mol. The van der Waals surface area contributed by atoms with E-state index < -0.39 is 0 Å². The molecule has 0 aliphatic rings. The molecule has 0 spiro atoms. The van der Waals surface area contributed by atoms with Crippen LogP contribution in [0.4, 0.5) is 0 Å². The molecule has 26 heavy (non-hydrogen) atoms. The highest BCUT2D eigenvalue weighted by Gasteiger charge is 2.16. The molecule has 0 N–H and O–H groups in total. The smallest absolute Gasteiger partial charge is 0.254 e. The first-order valence-corrected chi connectivity index (χ1v) is 8.63. The van der Waals surface area contributed by atoms with Crippen molar-refractivity contribution in [2.24, 2.45) is 7.05 Å². The van der Waals surface area contributed by atoms with Crippen LogP contribution in [0, 0.1) is 0 Å². The summed E-state index contributed by atoms with van der Waals surface area (Å²) in [7, 11) is 3.59. The van der Waals surface area contributed by atoms with Crippen molar-refractivity contribution < 1.29 is 9.53 Å². The van der Waals surface area contributed by atoms with E-state index in [4.69, 9.17) is 4.74 Å². The summed E-state index contributed by atoms with van der Waals surface area (Å²) < 4.78 is 7.35. The molecule has 0 radical (unpaired) electrons. The minimum atomic E-state index is 0.00192. The number of aromatic nitrogens is 2. The quantitative estimate of drug-likeness (QED) is 0.681. The number of nitrogens with zero attached hydrogens (tertiary/aromatic N) is 3. The summed E-state index contributed by atoms with van der Waals surface area (Å²) >= 11 is 0. The zero-order valence-corrected chi connectivity index (χ0v) is 15.3. The minimum absolute atomic E-state index is 0.00192. The molecular formula is C21H23N3O2. The van der Waals surface area contributed by atoms with E-state index >= 15 is 0 Å². The lowest BCUT2D eigenvalue weighted by Crippen LogP contribution is -2.31. The molecule has 3 rings (SSSR count). The zero-order chi connectivity index (χ0) is 18.5. The summed E-state index contributed by atoms with van der Waals surface area (Å²) in [5, 5.41) is 0. The summed E-state index contributed by atoms with van der Waals surface area (Å²) in [4.78, 5) is 18.9. The van der Waals surface area contributed by atoms with Crippen molar-refractivity contribution in [2.75, 3.05) is 13.7 Å². The molecule has 0 saturated heterocycles. The van der Waals surface area contributed by atoms with E-state index in [-0.39, 0.29) is 5.91 Å². The maximum atomic E-state index is 12.8. The van der Waals surface area contributed by atoms with Crippen molar-refractivity contribution in [3.8, 4) is 16.9 Å². The molecule has 0 aliphatic heterocycles. The molecule has 0 aliphatic carbocycles. The van der Waals surface area contributed by atoms with E-state index in [1.807, 2.05) is 73.3 Å². The fourth-order valence-corrected chi connectivity index (χ4v) is 2.90. The predicted molar refractivity (Wildman–Crippen MR) is 102 cm³/mol. The molecule has 1 amide bonds. The van der Waals surface area contributed by atoms with Gasteiger partial charge in [0.1, 0.15) is 11.6 Å². The second kappa shape index (κ2) is 7.87. The number of hydrogen-bond donors (Lipinski definition) is 0. The third-order valence-electron chi connectivity index (χ3n) is 4.47. The van der Waals surface area contributed by atoms with Crippen molar-refractivity contribution >= 4 is 5.91 Å². The van der Waals surface area contributed by atoms with Gasteiger partial charge in [-0.1, -0.05) is 30.3 Å². The van der Waals surface area contributed by atoms with Crippen LogP contribution in [-0.2, 0) is 13.6 Å². The number of ether oxygens (including phenoxy) is 1. The number of imidazole rings is 1. The van der Waals surface area contributed by atoms with Crippen molar-refractivity contribution in [3.05, 3.63) is 72.3 Å². The Morgan fingerprint density at radius 1 is 1.15 bits per heavy atom. The van der Waals surface area contributed by atoms with Crippen LogP contribution in [0.3, 0.4) is 0 Å². The van der Waals surface area contributed by atoms with Gasteiger partial charge in [0.25, 0.3) is 5.91 Å². The molecule has 1 aromatic heterocycles. The average Bonchev–Trinajstić information content (AvgIpc) is 3.10. The Bertz CT molecular complexity index is 884. The first-order chi connectivity index (χ1) is 12.6. The van der Waals surface area contributed by atoms with Crippen LogP contribution in [0.1, 0.15) is 23.1 Å².